The molecule has 0 unspecified atom stereocenters. The molecule has 0 aliphatic heterocycles. The number of aryl methyl sites for hydroxylation is 2. The number of nitrogens with one attached hydrogen (secondary N) is 1. The number of benzene rings is 2. The van der Waals surface area contributed by atoms with E-state index < -0.39 is 0 Å². The summed E-state index contributed by atoms with van der Waals surface area (Å²) < 4.78 is 0. The minimum absolute atomic E-state index is 0.392. The number of aromatic amines is 1. The summed E-state index contributed by atoms with van der Waals surface area (Å²) in [5.41, 5.74) is 5.62. The van der Waals surface area contributed by atoms with E-state index >= 15 is 0 Å². The lowest BCUT2D eigenvalue weighted by atomic mass is 9.95. The number of unbranched alkanes of at least 4 members (excludes halogenated alkanes) is 10. The fourth-order valence-electron chi connectivity index (χ4n) is 4.31. The van der Waals surface area contributed by atoms with E-state index in [0.717, 1.165) is 40.6 Å². The van der Waals surface area contributed by atoms with Crippen molar-refractivity contribution in [3.05, 3.63) is 41.5 Å². The summed E-state index contributed by atoms with van der Waals surface area (Å²) in [5.74, 6) is 0.392. The average molecular weight is 408 g/mol. The van der Waals surface area contributed by atoms with Crippen molar-refractivity contribution in [3.8, 4) is 16.9 Å². The second kappa shape index (κ2) is 11.7. The van der Waals surface area contributed by atoms with E-state index in [0.29, 0.717) is 5.75 Å². The van der Waals surface area contributed by atoms with Gasteiger partial charge in [0.05, 0.1) is 0 Å². The Morgan fingerprint density at radius 1 is 0.800 bits per heavy atom. The Hall–Kier alpha value is -2.36. The zero-order valence-electron chi connectivity index (χ0n) is 18.7. The molecule has 4 nitrogen and oxygen atoms in total. The normalized spacial score (nSPS) is 11.4. The molecule has 0 amide bonds. The van der Waals surface area contributed by atoms with Crippen LogP contribution in [0.1, 0.15) is 88.7 Å². The molecule has 30 heavy (non-hydrogen) atoms. The van der Waals surface area contributed by atoms with Gasteiger partial charge in [0.1, 0.15) is 16.8 Å². The Balaban J connectivity index is 1.49. The summed E-state index contributed by atoms with van der Waals surface area (Å²) in [5, 5.41) is 22.1. The summed E-state index contributed by atoms with van der Waals surface area (Å²) in [6, 6.07) is 10.1. The number of aromatic hydroxyl groups is 1. The van der Waals surface area contributed by atoms with E-state index in [1.165, 1.54) is 69.8 Å². The van der Waals surface area contributed by atoms with Gasteiger partial charge in [-0.15, -0.1) is 0 Å². The highest BCUT2D eigenvalue weighted by Gasteiger charge is 2.14. The van der Waals surface area contributed by atoms with Crippen molar-refractivity contribution in [2.75, 3.05) is 0 Å². The number of phenolic OH excluding ortho intramolecular Hbond substituents is 1. The largest absolute Gasteiger partial charge is 0.507 e. The van der Waals surface area contributed by atoms with Crippen molar-refractivity contribution in [1.29, 1.82) is 0 Å². The highest BCUT2D eigenvalue weighted by Crippen LogP contribution is 2.37. The molecule has 0 aliphatic rings. The Labute approximate surface area is 181 Å². The number of hydrogen-bond acceptors (Lipinski definition) is 3. The van der Waals surface area contributed by atoms with Crippen LogP contribution in [0.4, 0.5) is 0 Å². The summed E-state index contributed by atoms with van der Waals surface area (Å²) in [6.45, 7) is 4.37. The SMILES string of the molecule is CCCCCCCCCCCCCc1cc(C)cc(-c2cccc3n[nH]nc23)c1O. The molecule has 1 heterocycles. The summed E-state index contributed by atoms with van der Waals surface area (Å²) in [7, 11) is 0. The van der Waals surface area contributed by atoms with Gasteiger partial charge in [-0.1, -0.05) is 89.3 Å². The van der Waals surface area contributed by atoms with Crippen LogP contribution in [0.3, 0.4) is 0 Å². The molecule has 0 aliphatic carbocycles. The third kappa shape index (κ3) is 6.07. The molecule has 0 fully saturated rings. The van der Waals surface area contributed by atoms with Crippen LogP contribution < -0.4 is 0 Å². The van der Waals surface area contributed by atoms with Crippen LogP contribution in [0.2, 0.25) is 0 Å². The maximum Gasteiger partial charge on any atom is 0.126 e. The molecule has 0 spiro atoms. The Morgan fingerprint density at radius 3 is 2.17 bits per heavy atom. The van der Waals surface area contributed by atoms with Crippen molar-refractivity contribution < 1.29 is 5.11 Å². The fraction of sp³-hybridized carbons (Fsp3) is 0.538. The minimum Gasteiger partial charge on any atom is -0.507 e. The van der Waals surface area contributed by atoms with Gasteiger partial charge in [0.2, 0.25) is 0 Å². The molecule has 0 bridgehead atoms. The number of rotatable bonds is 13. The highest BCUT2D eigenvalue weighted by atomic mass is 16.3. The molecule has 2 aromatic carbocycles. The molecule has 162 valence electrons. The maximum atomic E-state index is 11.0. The lowest BCUT2D eigenvalue weighted by Crippen LogP contribution is -1.92. The van der Waals surface area contributed by atoms with E-state index in [1.807, 2.05) is 24.3 Å². The number of phenols is 1. The van der Waals surface area contributed by atoms with E-state index in [1.54, 1.807) is 0 Å². The number of nitrogens with zero attached hydrogens (tertiary/aromatic N) is 2. The second-order valence-corrected chi connectivity index (χ2v) is 8.60. The summed E-state index contributed by atoms with van der Waals surface area (Å²) in [4.78, 5) is 0. The average Bonchev–Trinajstić information content (AvgIpc) is 3.23. The van der Waals surface area contributed by atoms with Crippen LogP contribution in [-0.2, 0) is 6.42 Å². The topological polar surface area (TPSA) is 61.8 Å². The third-order valence-electron chi connectivity index (χ3n) is 6.02. The Morgan fingerprint density at radius 2 is 1.47 bits per heavy atom. The van der Waals surface area contributed by atoms with Crippen LogP contribution in [0.5, 0.6) is 5.75 Å². The van der Waals surface area contributed by atoms with Gasteiger partial charge in [-0.05, 0) is 43.0 Å². The van der Waals surface area contributed by atoms with Crippen molar-refractivity contribution in [3.63, 3.8) is 0 Å². The standard InChI is InChI=1S/C26H37N3O/c1-3-4-5-6-7-8-9-10-11-12-13-15-21-18-20(2)19-23(26(21)30)22-16-14-17-24-25(22)28-29-27-24/h14,16-19,30H,3-13,15H2,1-2H3,(H,27,28,29). The second-order valence-electron chi connectivity index (χ2n) is 8.60. The van der Waals surface area contributed by atoms with Gasteiger partial charge in [0, 0.05) is 11.1 Å². The Kier molecular flexibility index (Phi) is 8.73. The molecule has 3 rings (SSSR count). The van der Waals surface area contributed by atoms with Crippen LogP contribution >= 0.6 is 0 Å². The zero-order valence-corrected chi connectivity index (χ0v) is 18.7. The molecular weight excluding hydrogens is 370 g/mol. The van der Waals surface area contributed by atoms with Gasteiger partial charge in [-0.25, -0.2) is 0 Å². The molecule has 0 saturated carbocycles. The van der Waals surface area contributed by atoms with Gasteiger partial charge in [0.25, 0.3) is 0 Å². The predicted molar refractivity (Wildman–Crippen MR) is 126 cm³/mol. The highest BCUT2D eigenvalue weighted by molar-refractivity contribution is 5.93. The van der Waals surface area contributed by atoms with Crippen LogP contribution in [0.15, 0.2) is 30.3 Å². The van der Waals surface area contributed by atoms with Gasteiger partial charge in [-0.3, -0.25) is 0 Å². The van der Waals surface area contributed by atoms with Gasteiger partial charge >= 0.3 is 0 Å². The fourth-order valence-corrected chi connectivity index (χ4v) is 4.31. The Bertz CT molecular complexity index is 916. The van der Waals surface area contributed by atoms with Crippen molar-refractivity contribution in [1.82, 2.24) is 15.4 Å². The third-order valence-corrected chi connectivity index (χ3v) is 6.02. The van der Waals surface area contributed by atoms with Crippen LogP contribution in [0, 0.1) is 6.92 Å². The first-order chi connectivity index (χ1) is 14.7. The lowest BCUT2D eigenvalue weighted by molar-refractivity contribution is 0.467. The van der Waals surface area contributed by atoms with E-state index in [9.17, 15) is 5.11 Å². The first-order valence-electron chi connectivity index (χ1n) is 11.8. The monoisotopic (exact) mass is 407 g/mol. The first kappa shape index (κ1) is 22.3. The van der Waals surface area contributed by atoms with Gasteiger partial charge < -0.3 is 5.11 Å². The number of aromatic nitrogens is 3. The maximum absolute atomic E-state index is 11.0. The first-order valence-corrected chi connectivity index (χ1v) is 11.8. The lowest BCUT2D eigenvalue weighted by Gasteiger charge is -2.12. The van der Waals surface area contributed by atoms with Crippen molar-refractivity contribution in [2.45, 2.75) is 90.9 Å². The van der Waals surface area contributed by atoms with Crippen LogP contribution in [0.25, 0.3) is 22.2 Å². The number of fused-ring (bicyclic) bond motifs is 1. The van der Waals surface area contributed by atoms with Crippen molar-refractivity contribution >= 4 is 11.0 Å². The smallest absolute Gasteiger partial charge is 0.126 e. The molecule has 3 aromatic rings. The van der Waals surface area contributed by atoms with Crippen LogP contribution in [-0.4, -0.2) is 20.5 Å². The van der Waals surface area contributed by atoms with Gasteiger partial charge in [0.15, 0.2) is 0 Å². The van der Waals surface area contributed by atoms with E-state index in [4.69, 9.17) is 0 Å². The summed E-state index contributed by atoms with van der Waals surface area (Å²) >= 11 is 0. The molecule has 4 heteroatoms. The molecular formula is C26H37N3O. The molecule has 0 saturated heterocycles. The minimum atomic E-state index is 0.392. The molecule has 2 N–H and O–H groups in total. The number of H-pyrrole nitrogens is 1. The van der Waals surface area contributed by atoms with Crippen molar-refractivity contribution in [2.24, 2.45) is 0 Å². The van der Waals surface area contributed by atoms with E-state index in [2.05, 4.69) is 35.3 Å². The summed E-state index contributed by atoms with van der Waals surface area (Å²) in [6.07, 6.45) is 15.6. The zero-order chi connectivity index (χ0) is 21.2. The number of hydrogen-bond donors (Lipinski definition) is 2. The van der Waals surface area contributed by atoms with E-state index in [-0.39, 0.29) is 0 Å². The molecule has 0 atom stereocenters. The van der Waals surface area contributed by atoms with Gasteiger partial charge in [-0.2, -0.15) is 15.4 Å². The molecule has 1 aromatic heterocycles. The number of para-hydroxylation sites is 1. The predicted octanol–water partition coefficient (Wildman–Crippen LogP) is 7.49. The quantitative estimate of drug-likeness (QED) is 0.288. The molecule has 0 radical (unpaired) electrons.